The number of oxazole rings is 1. The van der Waals surface area contributed by atoms with Crippen LogP contribution in [0.5, 0.6) is 5.75 Å². The molecule has 2 aromatic rings. The monoisotopic (exact) mass is 271 g/mol. The van der Waals surface area contributed by atoms with Crippen molar-refractivity contribution in [3.8, 4) is 5.75 Å². The van der Waals surface area contributed by atoms with Crippen LogP contribution in [0.25, 0.3) is 11.1 Å². The number of carbonyl (C=O) groups is 1. The summed E-state index contributed by atoms with van der Waals surface area (Å²) in [6.45, 7) is 0. The topological polar surface area (TPSA) is 72.6 Å². The largest absolute Gasteiger partial charge is 0.493 e. The van der Waals surface area contributed by atoms with Gasteiger partial charge in [0, 0.05) is 0 Å². The SMILES string of the molecule is COc1c(Br)cc(C(=O)O)c2ocnc12. The minimum atomic E-state index is -1.07. The summed E-state index contributed by atoms with van der Waals surface area (Å²) in [7, 11) is 1.48. The molecule has 78 valence electrons. The summed E-state index contributed by atoms with van der Waals surface area (Å²) in [6, 6.07) is 1.43. The van der Waals surface area contributed by atoms with Gasteiger partial charge in [-0.05, 0) is 22.0 Å². The molecule has 0 fully saturated rings. The summed E-state index contributed by atoms with van der Waals surface area (Å²) in [6.07, 6.45) is 1.19. The van der Waals surface area contributed by atoms with Gasteiger partial charge in [0.1, 0.15) is 5.56 Å². The first-order valence-electron chi connectivity index (χ1n) is 3.98. The molecule has 6 heteroatoms. The van der Waals surface area contributed by atoms with Crippen molar-refractivity contribution in [2.45, 2.75) is 0 Å². The third-order valence-corrected chi connectivity index (χ3v) is 2.54. The highest BCUT2D eigenvalue weighted by molar-refractivity contribution is 9.10. The number of nitrogens with zero attached hydrogens (tertiary/aromatic N) is 1. The van der Waals surface area contributed by atoms with Crippen molar-refractivity contribution in [1.29, 1.82) is 0 Å². The zero-order valence-electron chi connectivity index (χ0n) is 7.65. The van der Waals surface area contributed by atoms with Gasteiger partial charge in [-0.15, -0.1) is 0 Å². The lowest BCUT2D eigenvalue weighted by Crippen LogP contribution is -1.98. The van der Waals surface area contributed by atoms with E-state index in [1.807, 2.05) is 0 Å². The molecule has 0 unspecified atom stereocenters. The number of aromatic carboxylic acids is 1. The molecule has 0 radical (unpaired) electrons. The van der Waals surface area contributed by atoms with Crippen LogP contribution in [0.3, 0.4) is 0 Å². The van der Waals surface area contributed by atoms with Gasteiger partial charge >= 0.3 is 5.97 Å². The number of hydrogen-bond donors (Lipinski definition) is 1. The van der Waals surface area contributed by atoms with Gasteiger partial charge < -0.3 is 14.3 Å². The highest BCUT2D eigenvalue weighted by atomic mass is 79.9. The lowest BCUT2D eigenvalue weighted by molar-refractivity contribution is 0.0698. The second-order valence-corrected chi connectivity index (χ2v) is 3.63. The number of aromatic nitrogens is 1. The lowest BCUT2D eigenvalue weighted by Gasteiger charge is -2.04. The maximum atomic E-state index is 10.9. The van der Waals surface area contributed by atoms with Gasteiger partial charge in [0.15, 0.2) is 23.2 Å². The Morgan fingerprint density at radius 3 is 3.00 bits per heavy atom. The summed E-state index contributed by atoms with van der Waals surface area (Å²) in [5, 5.41) is 8.94. The molecule has 0 spiro atoms. The highest BCUT2D eigenvalue weighted by Crippen LogP contribution is 2.35. The van der Waals surface area contributed by atoms with E-state index in [0.29, 0.717) is 15.7 Å². The number of rotatable bonds is 2. The van der Waals surface area contributed by atoms with Crippen LogP contribution in [0, 0.1) is 0 Å². The van der Waals surface area contributed by atoms with Crippen LogP contribution < -0.4 is 4.74 Å². The van der Waals surface area contributed by atoms with Crippen molar-refractivity contribution in [2.75, 3.05) is 7.11 Å². The van der Waals surface area contributed by atoms with Crippen LogP contribution in [0.15, 0.2) is 21.3 Å². The van der Waals surface area contributed by atoms with Crippen molar-refractivity contribution in [1.82, 2.24) is 4.98 Å². The number of carboxylic acids is 1. The van der Waals surface area contributed by atoms with E-state index in [0.717, 1.165) is 0 Å². The molecule has 2 rings (SSSR count). The number of carboxylic acid groups (broad SMARTS) is 1. The van der Waals surface area contributed by atoms with Crippen molar-refractivity contribution >= 4 is 33.0 Å². The van der Waals surface area contributed by atoms with Gasteiger partial charge in [0.05, 0.1) is 11.6 Å². The molecule has 1 heterocycles. The molecular weight excluding hydrogens is 266 g/mol. The van der Waals surface area contributed by atoms with E-state index in [9.17, 15) is 4.79 Å². The first-order chi connectivity index (χ1) is 7.15. The van der Waals surface area contributed by atoms with E-state index in [-0.39, 0.29) is 11.1 Å². The lowest BCUT2D eigenvalue weighted by atomic mass is 10.2. The Hall–Kier alpha value is -1.56. The Morgan fingerprint density at radius 2 is 2.40 bits per heavy atom. The van der Waals surface area contributed by atoms with E-state index in [2.05, 4.69) is 20.9 Å². The molecule has 0 aliphatic heterocycles. The highest BCUT2D eigenvalue weighted by Gasteiger charge is 2.19. The molecule has 0 saturated carbocycles. The van der Waals surface area contributed by atoms with Crippen LogP contribution in [0.1, 0.15) is 10.4 Å². The molecule has 15 heavy (non-hydrogen) atoms. The van der Waals surface area contributed by atoms with E-state index >= 15 is 0 Å². The smallest absolute Gasteiger partial charge is 0.339 e. The Kier molecular flexibility index (Phi) is 2.36. The van der Waals surface area contributed by atoms with Crippen LogP contribution in [0.4, 0.5) is 0 Å². The number of methoxy groups -OCH3 is 1. The molecule has 1 N–H and O–H groups in total. The minimum Gasteiger partial charge on any atom is -0.493 e. The molecule has 0 aliphatic carbocycles. The van der Waals surface area contributed by atoms with E-state index in [1.54, 1.807) is 0 Å². The van der Waals surface area contributed by atoms with Crippen LogP contribution in [0.2, 0.25) is 0 Å². The van der Waals surface area contributed by atoms with Crippen molar-refractivity contribution in [2.24, 2.45) is 0 Å². The maximum absolute atomic E-state index is 10.9. The molecular formula is C9H6BrNO4. The summed E-state index contributed by atoms with van der Waals surface area (Å²) < 4.78 is 10.6. The van der Waals surface area contributed by atoms with E-state index in [4.69, 9.17) is 14.3 Å². The van der Waals surface area contributed by atoms with E-state index in [1.165, 1.54) is 19.6 Å². The zero-order chi connectivity index (χ0) is 11.0. The average Bonchev–Trinajstić information content (AvgIpc) is 2.64. The fourth-order valence-corrected chi connectivity index (χ4v) is 1.90. The Labute approximate surface area is 92.8 Å². The number of halogens is 1. The Bertz CT molecular complexity index is 534. The predicted molar refractivity (Wildman–Crippen MR) is 55.2 cm³/mol. The summed E-state index contributed by atoms with van der Waals surface area (Å²) in [5.74, 6) is -0.608. The van der Waals surface area contributed by atoms with Gasteiger partial charge in [-0.3, -0.25) is 0 Å². The molecule has 0 saturated heterocycles. The third-order valence-electron chi connectivity index (χ3n) is 1.95. The van der Waals surface area contributed by atoms with Gasteiger partial charge in [-0.25, -0.2) is 9.78 Å². The second-order valence-electron chi connectivity index (χ2n) is 2.77. The van der Waals surface area contributed by atoms with E-state index < -0.39 is 5.97 Å². The molecule has 0 atom stereocenters. The normalized spacial score (nSPS) is 10.5. The van der Waals surface area contributed by atoms with Crippen LogP contribution >= 0.6 is 15.9 Å². The molecule has 0 amide bonds. The molecule has 1 aromatic heterocycles. The van der Waals surface area contributed by atoms with Crippen LogP contribution in [-0.2, 0) is 0 Å². The number of ether oxygens (including phenoxy) is 1. The van der Waals surface area contributed by atoms with Crippen molar-refractivity contribution in [3.63, 3.8) is 0 Å². The van der Waals surface area contributed by atoms with Gasteiger partial charge in [0.2, 0.25) is 0 Å². The quantitative estimate of drug-likeness (QED) is 0.908. The fourth-order valence-electron chi connectivity index (χ4n) is 1.32. The van der Waals surface area contributed by atoms with Gasteiger partial charge in [-0.1, -0.05) is 0 Å². The Balaban J connectivity index is 2.86. The van der Waals surface area contributed by atoms with Gasteiger partial charge in [-0.2, -0.15) is 0 Å². The number of fused-ring (bicyclic) bond motifs is 1. The summed E-state index contributed by atoms with van der Waals surface area (Å²) >= 11 is 3.21. The average molecular weight is 272 g/mol. The van der Waals surface area contributed by atoms with Crippen molar-refractivity contribution < 1.29 is 19.1 Å². The predicted octanol–water partition coefficient (Wildman–Crippen LogP) is 2.30. The summed E-state index contributed by atoms with van der Waals surface area (Å²) in [4.78, 5) is 14.8. The minimum absolute atomic E-state index is 0.0511. The standard InChI is InChI=1S/C9H6BrNO4/c1-14-8-5(10)2-4(9(12)13)7-6(8)11-3-15-7/h2-3H,1H3,(H,12,13). The van der Waals surface area contributed by atoms with Crippen molar-refractivity contribution in [3.05, 3.63) is 22.5 Å². The van der Waals surface area contributed by atoms with Gasteiger partial charge in [0.25, 0.3) is 0 Å². The zero-order valence-corrected chi connectivity index (χ0v) is 9.24. The Morgan fingerprint density at radius 1 is 1.67 bits per heavy atom. The molecule has 0 aliphatic rings. The first-order valence-corrected chi connectivity index (χ1v) is 4.77. The first kappa shape index (κ1) is 9.97. The van der Waals surface area contributed by atoms with Crippen LogP contribution in [-0.4, -0.2) is 23.2 Å². The fraction of sp³-hybridized carbons (Fsp3) is 0.111. The maximum Gasteiger partial charge on any atom is 0.339 e. The number of benzene rings is 1. The molecule has 1 aromatic carbocycles. The third kappa shape index (κ3) is 1.46. The molecule has 0 bridgehead atoms. The number of hydrogen-bond acceptors (Lipinski definition) is 4. The summed E-state index contributed by atoms with van der Waals surface area (Å²) in [5.41, 5.74) is 0.655. The second kappa shape index (κ2) is 3.54. The molecule has 5 nitrogen and oxygen atoms in total.